The largest absolute Gasteiger partial charge is 0.497 e. The van der Waals surface area contributed by atoms with E-state index in [0.717, 1.165) is 24.2 Å². The van der Waals surface area contributed by atoms with Crippen LogP contribution in [0.25, 0.3) is 0 Å². The molecule has 0 aliphatic heterocycles. The van der Waals surface area contributed by atoms with Gasteiger partial charge in [0.25, 0.3) is 0 Å². The van der Waals surface area contributed by atoms with E-state index >= 15 is 0 Å². The topological polar surface area (TPSA) is 26.3 Å². The summed E-state index contributed by atoms with van der Waals surface area (Å²) in [6, 6.07) is 0. The first kappa shape index (κ1) is 11.3. The second-order valence-electron chi connectivity index (χ2n) is 4.56. The fourth-order valence-corrected chi connectivity index (χ4v) is 1.62. The van der Waals surface area contributed by atoms with E-state index in [1.54, 1.807) is 0 Å². The first-order valence-electron chi connectivity index (χ1n) is 5.39. The lowest BCUT2D eigenvalue weighted by molar-refractivity contribution is -0.119. The van der Waals surface area contributed by atoms with Gasteiger partial charge in [0.1, 0.15) is 5.76 Å². The minimum Gasteiger partial charge on any atom is -0.497 e. The summed E-state index contributed by atoms with van der Waals surface area (Å²) in [5.41, 5.74) is 0.837. The van der Waals surface area contributed by atoms with Crippen molar-refractivity contribution in [3.05, 3.63) is 11.3 Å². The summed E-state index contributed by atoms with van der Waals surface area (Å²) in [7, 11) is 0. The van der Waals surface area contributed by atoms with Crippen LogP contribution in [0.2, 0.25) is 0 Å². The van der Waals surface area contributed by atoms with Gasteiger partial charge in [-0.25, -0.2) is 0 Å². The lowest BCUT2D eigenvalue weighted by atomic mass is 9.88. The molecule has 0 aromatic rings. The van der Waals surface area contributed by atoms with E-state index in [1.165, 1.54) is 0 Å². The molecule has 2 heteroatoms. The third-order valence-corrected chi connectivity index (χ3v) is 2.63. The van der Waals surface area contributed by atoms with Crippen LogP contribution in [0, 0.1) is 11.8 Å². The van der Waals surface area contributed by atoms with Crippen LogP contribution in [0.5, 0.6) is 0 Å². The number of Topliss-reactive ketones (excluding diaryl/α,β-unsaturated/α-hetero) is 1. The van der Waals surface area contributed by atoms with Crippen molar-refractivity contribution < 1.29 is 9.53 Å². The van der Waals surface area contributed by atoms with Gasteiger partial charge in [-0.2, -0.15) is 0 Å². The summed E-state index contributed by atoms with van der Waals surface area (Å²) >= 11 is 0. The summed E-state index contributed by atoms with van der Waals surface area (Å²) < 4.78 is 5.63. The molecule has 1 rings (SSSR count). The second kappa shape index (κ2) is 4.63. The Morgan fingerprint density at radius 3 is 2.71 bits per heavy atom. The zero-order chi connectivity index (χ0) is 10.7. The lowest BCUT2D eigenvalue weighted by Gasteiger charge is -2.22. The highest BCUT2D eigenvalue weighted by molar-refractivity contribution is 5.97. The number of hydrogen-bond donors (Lipinski definition) is 0. The molecule has 1 atom stereocenters. The lowest BCUT2D eigenvalue weighted by Crippen LogP contribution is -2.20. The Morgan fingerprint density at radius 2 is 2.14 bits per heavy atom. The van der Waals surface area contributed by atoms with Crippen molar-refractivity contribution >= 4 is 5.78 Å². The van der Waals surface area contributed by atoms with Gasteiger partial charge in [-0.15, -0.1) is 0 Å². The highest BCUT2D eigenvalue weighted by Crippen LogP contribution is 2.26. The van der Waals surface area contributed by atoms with Gasteiger partial charge in [-0.1, -0.05) is 20.8 Å². The zero-order valence-electron chi connectivity index (χ0n) is 9.59. The molecule has 0 bridgehead atoms. The molecule has 1 aliphatic rings. The van der Waals surface area contributed by atoms with Crippen molar-refractivity contribution in [3.8, 4) is 0 Å². The van der Waals surface area contributed by atoms with Crippen molar-refractivity contribution in [2.45, 2.75) is 40.5 Å². The van der Waals surface area contributed by atoms with Crippen molar-refractivity contribution in [2.24, 2.45) is 11.8 Å². The number of carbonyl (C=O) groups excluding carboxylic acids is 1. The molecule has 14 heavy (non-hydrogen) atoms. The van der Waals surface area contributed by atoms with Crippen LogP contribution in [0.4, 0.5) is 0 Å². The van der Waals surface area contributed by atoms with Crippen LogP contribution in [0.3, 0.4) is 0 Å². The predicted octanol–water partition coefficient (Wildman–Crippen LogP) is 2.93. The SMILES string of the molecule is CC1=C(OCC(C)C)CC[C@@H](C)C1=O. The van der Waals surface area contributed by atoms with Crippen LogP contribution in [-0.2, 0) is 9.53 Å². The number of hydrogen-bond acceptors (Lipinski definition) is 2. The van der Waals surface area contributed by atoms with Gasteiger partial charge in [0.2, 0.25) is 0 Å². The van der Waals surface area contributed by atoms with Crippen LogP contribution >= 0.6 is 0 Å². The highest BCUT2D eigenvalue weighted by atomic mass is 16.5. The first-order chi connectivity index (χ1) is 6.52. The highest BCUT2D eigenvalue weighted by Gasteiger charge is 2.24. The first-order valence-corrected chi connectivity index (χ1v) is 5.39. The molecule has 0 N–H and O–H groups in total. The molecule has 80 valence electrons. The maximum absolute atomic E-state index is 11.6. The smallest absolute Gasteiger partial charge is 0.164 e. The summed E-state index contributed by atoms with van der Waals surface area (Å²) in [4.78, 5) is 11.6. The minimum absolute atomic E-state index is 0.182. The van der Waals surface area contributed by atoms with Gasteiger partial charge < -0.3 is 4.74 Å². The molecule has 0 saturated carbocycles. The number of ketones is 1. The van der Waals surface area contributed by atoms with Gasteiger partial charge in [0, 0.05) is 17.9 Å². The number of carbonyl (C=O) groups is 1. The van der Waals surface area contributed by atoms with Gasteiger partial charge in [-0.05, 0) is 19.3 Å². The van der Waals surface area contributed by atoms with E-state index in [-0.39, 0.29) is 11.7 Å². The molecule has 0 saturated heterocycles. The molecular weight excluding hydrogens is 176 g/mol. The maximum Gasteiger partial charge on any atom is 0.164 e. The normalized spacial score (nSPS) is 23.2. The number of rotatable bonds is 3. The second-order valence-corrected chi connectivity index (χ2v) is 4.56. The molecule has 0 fully saturated rings. The molecule has 2 nitrogen and oxygen atoms in total. The standard InChI is InChI=1S/C12H20O2/c1-8(2)7-14-11-6-5-9(3)12(13)10(11)4/h8-9H,5-7H2,1-4H3/t9-/m1/s1. The van der Waals surface area contributed by atoms with Gasteiger partial charge >= 0.3 is 0 Å². The summed E-state index contributed by atoms with van der Waals surface area (Å²) in [5.74, 6) is 1.88. The van der Waals surface area contributed by atoms with E-state index in [9.17, 15) is 4.79 Å². The minimum atomic E-state index is 0.182. The molecule has 0 unspecified atom stereocenters. The average molecular weight is 196 g/mol. The molecule has 0 amide bonds. The van der Waals surface area contributed by atoms with Crippen molar-refractivity contribution in [2.75, 3.05) is 6.61 Å². The Bertz CT molecular complexity index is 251. The van der Waals surface area contributed by atoms with E-state index in [0.29, 0.717) is 12.5 Å². The van der Waals surface area contributed by atoms with Crippen LogP contribution in [0.15, 0.2) is 11.3 Å². The fourth-order valence-electron chi connectivity index (χ4n) is 1.62. The van der Waals surface area contributed by atoms with Crippen LogP contribution in [0.1, 0.15) is 40.5 Å². The Labute approximate surface area is 86.3 Å². The van der Waals surface area contributed by atoms with Crippen LogP contribution < -0.4 is 0 Å². The zero-order valence-corrected chi connectivity index (χ0v) is 9.59. The molecule has 0 spiro atoms. The van der Waals surface area contributed by atoms with Gasteiger partial charge in [0.15, 0.2) is 5.78 Å². The Kier molecular flexibility index (Phi) is 3.73. The monoisotopic (exact) mass is 196 g/mol. The molecule has 0 aromatic carbocycles. The van der Waals surface area contributed by atoms with Gasteiger partial charge in [0.05, 0.1) is 6.61 Å². The van der Waals surface area contributed by atoms with Crippen molar-refractivity contribution in [3.63, 3.8) is 0 Å². The summed E-state index contributed by atoms with van der Waals surface area (Å²) in [6.07, 6.45) is 1.86. The van der Waals surface area contributed by atoms with E-state index in [2.05, 4.69) is 13.8 Å². The van der Waals surface area contributed by atoms with Crippen LogP contribution in [-0.4, -0.2) is 12.4 Å². The molecular formula is C12H20O2. The number of allylic oxidation sites excluding steroid dienone is 2. The summed E-state index contributed by atoms with van der Waals surface area (Å²) in [6.45, 7) is 8.82. The maximum atomic E-state index is 11.6. The van der Waals surface area contributed by atoms with Crippen molar-refractivity contribution in [1.29, 1.82) is 0 Å². The van der Waals surface area contributed by atoms with Crippen molar-refractivity contribution in [1.82, 2.24) is 0 Å². The van der Waals surface area contributed by atoms with Gasteiger partial charge in [-0.3, -0.25) is 4.79 Å². The Balaban J connectivity index is 2.63. The quantitative estimate of drug-likeness (QED) is 0.693. The molecule has 1 aliphatic carbocycles. The van der Waals surface area contributed by atoms with E-state index in [1.807, 2.05) is 13.8 Å². The average Bonchev–Trinajstić information content (AvgIpc) is 2.13. The third kappa shape index (κ3) is 2.60. The van der Waals surface area contributed by atoms with E-state index in [4.69, 9.17) is 4.74 Å². The van der Waals surface area contributed by atoms with E-state index < -0.39 is 0 Å². The Morgan fingerprint density at radius 1 is 1.50 bits per heavy atom. The molecule has 0 heterocycles. The number of ether oxygens (including phenoxy) is 1. The Hall–Kier alpha value is -0.790. The summed E-state index contributed by atoms with van der Waals surface area (Å²) in [5, 5.41) is 0. The predicted molar refractivity (Wildman–Crippen MR) is 56.9 cm³/mol. The fraction of sp³-hybridized carbons (Fsp3) is 0.750. The third-order valence-electron chi connectivity index (χ3n) is 2.63. The molecule has 0 radical (unpaired) electrons. The molecule has 0 aromatic heterocycles.